The molecule has 0 aromatic rings. The Hall–Kier alpha value is -0.680. The molecule has 206 valence electrons. The maximum Gasteiger partial charge on any atom is 0.255 e. The van der Waals surface area contributed by atoms with E-state index >= 15 is 0 Å². The molecule has 17 heteroatoms. The van der Waals surface area contributed by atoms with Crippen molar-refractivity contribution in [3.05, 3.63) is 0 Å². The Morgan fingerprint density at radius 1 is 0.629 bits per heavy atom. The first-order chi connectivity index (χ1) is 16.4. The van der Waals surface area contributed by atoms with Gasteiger partial charge in [0.25, 0.3) is 5.91 Å². The van der Waals surface area contributed by atoms with Crippen LogP contribution in [-0.4, -0.2) is 168 Å². The molecule has 0 unspecified atom stereocenters. The normalized spacial score (nSPS) is 53.5. The van der Waals surface area contributed by atoms with E-state index < -0.39 is 112 Å². The molecule has 3 aliphatic heterocycles. The Labute approximate surface area is 198 Å². The number of hydrogen-bond donors (Lipinski definition) is 12. The van der Waals surface area contributed by atoms with Crippen LogP contribution >= 0.6 is 0 Å². The van der Waals surface area contributed by atoms with Gasteiger partial charge in [0, 0.05) is 0 Å². The standard InChI is InChI=1S/C18H33NO16/c19-18(35-14-5(2-21)31-16(30)10(26)9(14)25)15(29)12(28)13(6(3-22)34-18)33-17-11(27)8(24)7(23)4(1-20)32-17/h4-17,20-30H,1-3,19H2/t4-,5-,6-,7-,8+,9-,10-,11-,12+,13-,14-,15-,16-,17+,18+/m1/s1. The van der Waals surface area contributed by atoms with Gasteiger partial charge in [-0.3, -0.25) is 5.73 Å². The zero-order valence-corrected chi connectivity index (χ0v) is 18.2. The number of aliphatic hydroxyl groups is 11. The third kappa shape index (κ3) is 5.47. The van der Waals surface area contributed by atoms with Gasteiger partial charge >= 0.3 is 0 Å². The van der Waals surface area contributed by atoms with Gasteiger partial charge in [-0.15, -0.1) is 0 Å². The number of ether oxygens (including phenoxy) is 5. The highest BCUT2D eigenvalue weighted by Gasteiger charge is 2.58. The quantitative estimate of drug-likeness (QED) is 0.139. The molecule has 3 rings (SSSR count). The Balaban J connectivity index is 1.78. The fourth-order valence-electron chi connectivity index (χ4n) is 4.18. The average Bonchev–Trinajstić information content (AvgIpc) is 2.84. The van der Waals surface area contributed by atoms with E-state index in [1.54, 1.807) is 0 Å². The van der Waals surface area contributed by atoms with Gasteiger partial charge < -0.3 is 79.9 Å². The van der Waals surface area contributed by atoms with Crippen molar-refractivity contribution < 1.29 is 79.9 Å². The summed E-state index contributed by atoms with van der Waals surface area (Å²) in [6, 6.07) is 0. The van der Waals surface area contributed by atoms with E-state index in [2.05, 4.69) is 0 Å². The summed E-state index contributed by atoms with van der Waals surface area (Å²) in [5.41, 5.74) is 5.96. The topological polar surface area (TPSA) is 295 Å². The predicted octanol–water partition coefficient (Wildman–Crippen LogP) is -8.29. The summed E-state index contributed by atoms with van der Waals surface area (Å²) in [5.74, 6) is -2.69. The Morgan fingerprint density at radius 3 is 1.80 bits per heavy atom. The summed E-state index contributed by atoms with van der Waals surface area (Å²) in [4.78, 5) is 0. The van der Waals surface area contributed by atoms with Crippen LogP contribution in [0.15, 0.2) is 0 Å². The molecular formula is C18H33NO16. The highest BCUT2D eigenvalue weighted by molar-refractivity contribution is 4.99. The molecule has 35 heavy (non-hydrogen) atoms. The van der Waals surface area contributed by atoms with Crippen LogP contribution in [0.25, 0.3) is 0 Å². The van der Waals surface area contributed by atoms with Crippen molar-refractivity contribution >= 4 is 0 Å². The molecule has 0 bridgehead atoms. The minimum atomic E-state index is -2.69. The summed E-state index contributed by atoms with van der Waals surface area (Å²) >= 11 is 0. The lowest BCUT2D eigenvalue weighted by Crippen LogP contribution is -2.74. The van der Waals surface area contributed by atoms with Gasteiger partial charge in [-0.1, -0.05) is 0 Å². The average molecular weight is 519 g/mol. The molecule has 0 amide bonds. The highest BCUT2D eigenvalue weighted by Crippen LogP contribution is 2.35. The van der Waals surface area contributed by atoms with E-state index in [0.717, 1.165) is 0 Å². The number of nitrogens with two attached hydrogens (primary N) is 1. The van der Waals surface area contributed by atoms with Crippen molar-refractivity contribution in [1.29, 1.82) is 0 Å². The van der Waals surface area contributed by atoms with Crippen molar-refractivity contribution in [1.82, 2.24) is 0 Å². The predicted molar refractivity (Wildman–Crippen MR) is 104 cm³/mol. The van der Waals surface area contributed by atoms with E-state index in [1.165, 1.54) is 0 Å². The number of aliphatic hydroxyl groups excluding tert-OH is 11. The summed E-state index contributed by atoms with van der Waals surface area (Å²) in [6.45, 7) is -2.51. The molecule has 17 nitrogen and oxygen atoms in total. The first-order valence-electron chi connectivity index (χ1n) is 10.8. The summed E-state index contributed by atoms with van der Waals surface area (Å²) < 4.78 is 26.3. The lowest BCUT2D eigenvalue weighted by Gasteiger charge is -2.51. The molecule has 0 aromatic heterocycles. The van der Waals surface area contributed by atoms with E-state index in [-0.39, 0.29) is 0 Å². The van der Waals surface area contributed by atoms with Crippen molar-refractivity contribution in [3.8, 4) is 0 Å². The molecular weight excluding hydrogens is 486 g/mol. The van der Waals surface area contributed by atoms with Crippen molar-refractivity contribution in [2.45, 2.75) is 91.7 Å². The zero-order valence-electron chi connectivity index (χ0n) is 18.2. The van der Waals surface area contributed by atoms with Crippen LogP contribution in [0.5, 0.6) is 0 Å². The van der Waals surface area contributed by atoms with Crippen LogP contribution in [0.4, 0.5) is 0 Å². The molecule has 3 fully saturated rings. The first-order valence-corrected chi connectivity index (χ1v) is 10.8. The fourth-order valence-corrected chi connectivity index (χ4v) is 4.18. The van der Waals surface area contributed by atoms with Crippen molar-refractivity contribution in [3.63, 3.8) is 0 Å². The number of hydrogen-bond acceptors (Lipinski definition) is 17. The SMILES string of the molecule is N[C@]1(O[C@H]2[C@H](O)[C@@H](O)[C@H](O)O[C@@H]2CO)O[C@H](CO)[C@@H](O[C@@H]2O[C@H](CO)[C@@H](O)[C@H](O)[C@H]2O)[C@H](O)[C@H]1O. The lowest BCUT2D eigenvalue weighted by molar-refractivity contribution is -0.414. The van der Waals surface area contributed by atoms with Crippen molar-refractivity contribution in [2.75, 3.05) is 19.8 Å². The third-order valence-corrected chi connectivity index (χ3v) is 6.25. The molecule has 0 aromatic carbocycles. The van der Waals surface area contributed by atoms with Crippen LogP contribution < -0.4 is 5.73 Å². The highest BCUT2D eigenvalue weighted by atomic mass is 16.8. The molecule has 0 spiro atoms. The van der Waals surface area contributed by atoms with E-state index in [0.29, 0.717) is 0 Å². The Morgan fingerprint density at radius 2 is 1.23 bits per heavy atom. The van der Waals surface area contributed by atoms with Gasteiger partial charge in [0.1, 0.15) is 67.1 Å². The number of rotatable bonds is 7. The molecule has 3 aliphatic rings. The van der Waals surface area contributed by atoms with E-state index in [9.17, 15) is 56.2 Å². The van der Waals surface area contributed by atoms with Crippen LogP contribution in [0.3, 0.4) is 0 Å². The molecule has 3 saturated heterocycles. The van der Waals surface area contributed by atoms with Gasteiger partial charge in [-0.25, -0.2) is 0 Å². The minimum Gasteiger partial charge on any atom is -0.394 e. The van der Waals surface area contributed by atoms with Gasteiger partial charge in [0.15, 0.2) is 18.7 Å². The molecule has 0 aliphatic carbocycles. The zero-order chi connectivity index (χ0) is 26.2. The van der Waals surface area contributed by atoms with Gasteiger partial charge in [-0.05, 0) is 0 Å². The van der Waals surface area contributed by atoms with Gasteiger partial charge in [-0.2, -0.15) is 0 Å². The van der Waals surface area contributed by atoms with Crippen molar-refractivity contribution in [2.24, 2.45) is 5.73 Å². The molecule has 0 saturated carbocycles. The van der Waals surface area contributed by atoms with Crippen LogP contribution in [0.1, 0.15) is 0 Å². The second kappa shape index (κ2) is 11.4. The molecule has 15 atom stereocenters. The van der Waals surface area contributed by atoms with Gasteiger partial charge in [0.2, 0.25) is 0 Å². The smallest absolute Gasteiger partial charge is 0.255 e. The van der Waals surface area contributed by atoms with E-state index in [1.807, 2.05) is 0 Å². The maximum atomic E-state index is 10.7. The fraction of sp³-hybridized carbons (Fsp3) is 1.00. The first kappa shape index (κ1) is 28.9. The van der Waals surface area contributed by atoms with E-state index in [4.69, 9.17) is 29.4 Å². The minimum absolute atomic E-state index is 0.765. The molecule has 3 heterocycles. The maximum absolute atomic E-state index is 10.7. The monoisotopic (exact) mass is 519 g/mol. The van der Waals surface area contributed by atoms with Gasteiger partial charge in [0.05, 0.1) is 19.8 Å². The summed E-state index contributed by atoms with van der Waals surface area (Å²) in [6.07, 6.45) is -24.8. The Kier molecular flexibility index (Phi) is 9.39. The Bertz CT molecular complexity index is 685. The summed E-state index contributed by atoms with van der Waals surface area (Å²) in [5, 5.41) is 110. The largest absolute Gasteiger partial charge is 0.394 e. The second-order valence-electron chi connectivity index (χ2n) is 8.61. The third-order valence-electron chi connectivity index (χ3n) is 6.25. The molecule has 0 radical (unpaired) electrons. The lowest BCUT2D eigenvalue weighted by atomic mass is 9.94. The van der Waals surface area contributed by atoms with Crippen LogP contribution in [0.2, 0.25) is 0 Å². The van der Waals surface area contributed by atoms with Crippen LogP contribution in [-0.2, 0) is 23.7 Å². The second-order valence-corrected chi connectivity index (χ2v) is 8.61. The van der Waals surface area contributed by atoms with Crippen LogP contribution in [0, 0.1) is 0 Å². The molecule has 13 N–H and O–H groups in total. The summed E-state index contributed by atoms with van der Waals surface area (Å²) in [7, 11) is 0.